The van der Waals surface area contributed by atoms with E-state index >= 15 is 0 Å². The van der Waals surface area contributed by atoms with Gasteiger partial charge >= 0.3 is 0 Å². The lowest BCUT2D eigenvalue weighted by molar-refractivity contribution is 0.209. The summed E-state index contributed by atoms with van der Waals surface area (Å²) in [7, 11) is 0. The second-order valence-electron chi connectivity index (χ2n) is 7.54. The Labute approximate surface area is 129 Å². The normalized spacial score (nSPS) is 23.4. The first kappa shape index (κ1) is 16.5. The van der Waals surface area contributed by atoms with Crippen LogP contribution in [0.1, 0.15) is 65.6 Å². The molecule has 0 aliphatic heterocycles. The fourth-order valence-corrected chi connectivity index (χ4v) is 3.34. The largest absolute Gasteiger partial charge is 0.312 e. The Bertz CT molecular complexity index is 419. The molecule has 120 valence electrons. The van der Waals surface area contributed by atoms with Gasteiger partial charge < -0.3 is 5.32 Å². The monoisotopic (exact) mass is 292 g/mol. The van der Waals surface area contributed by atoms with Crippen molar-refractivity contribution in [3.8, 4) is 0 Å². The lowest BCUT2D eigenvalue weighted by Gasteiger charge is -2.34. The van der Waals surface area contributed by atoms with Crippen LogP contribution in [0.3, 0.4) is 0 Å². The van der Waals surface area contributed by atoms with E-state index in [1.807, 2.05) is 0 Å². The van der Waals surface area contributed by atoms with Crippen molar-refractivity contribution in [1.29, 1.82) is 0 Å². The molecule has 0 aromatic carbocycles. The Morgan fingerprint density at radius 3 is 2.62 bits per heavy atom. The molecule has 0 spiro atoms. The molecular formula is C17H32N4. The molecule has 0 saturated heterocycles. The molecule has 1 heterocycles. The molecular weight excluding hydrogens is 260 g/mol. The number of hydrogen-bond donors (Lipinski definition) is 1. The number of rotatable bonds is 6. The van der Waals surface area contributed by atoms with Gasteiger partial charge in [-0.1, -0.05) is 19.8 Å². The highest BCUT2D eigenvalue weighted by Crippen LogP contribution is 2.32. The Morgan fingerprint density at radius 2 is 1.95 bits per heavy atom. The van der Waals surface area contributed by atoms with Gasteiger partial charge in [0.15, 0.2) is 0 Å². The maximum Gasteiger partial charge on any atom is 0.138 e. The van der Waals surface area contributed by atoms with Crippen LogP contribution in [0, 0.1) is 11.8 Å². The van der Waals surface area contributed by atoms with Gasteiger partial charge in [-0.25, -0.2) is 4.98 Å². The molecule has 4 heteroatoms. The molecule has 1 aromatic heterocycles. The van der Waals surface area contributed by atoms with E-state index < -0.39 is 0 Å². The zero-order valence-corrected chi connectivity index (χ0v) is 14.2. The van der Waals surface area contributed by atoms with Gasteiger partial charge in [0, 0.05) is 18.5 Å². The smallest absolute Gasteiger partial charge is 0.138 e. The highest BCUT2D eigenvalue weighted by atomic mass is 15.3. The van der Waals surface area contributed by atoms with Crippen molar-refractivity contribution in [2.75, 3.05) is 6.54 Å². The van der Waals surface area contributed by atoms with Gasteiger partial charge in [-0.05, 0) is 58.4 Å². The molecule has 0 amide bonds. The Balaban J connectivity index is 1.96. The van der Waals surface area contributed by atoms with Crippen molar-refractivity contribution >= 4 is 0 Å². The molecule has 1 aliphatic rings. The SMILES string of the molecule is CCCn1ncnc1CC1CCCCC1CNC(C)(C)C. The third kappa shape index (κ3) is 5.10. The number of nitrogens with one attached hydrogen (secondary N) is 1. The van der Waals surface area contributed by atoms with Crippen molar-refractivity contribution in [3.05, 3.63) is 12.2 Å². The maximum absolute atomic E-state index is 4.50. The molecule has 1 aliphatic carbocycles. The molecule has 2 atom stereocenters. The van der Waals surface area contributed by atoms with E-state index in [0.29, 0.717) is 0 Å². The predicted octanol–water partition coefficient (Wildman–Crippen LogP) is 3.43. The Kier molecular flexibility index (Phi) is 5.80. The molecule has 2 rings (SSSR count). The Hall–Kier alpha value is -0.900. The molecule has 2 unspecified atom stereocenters. The number of nitrogens with zero attached hydrogens (tertiary/aromatic N) is 3. The van der Waals surface area contributed by atoms with Gasteiger partial charge in [-0.2, -0.15) is 5.10 Å². The highest BCUT2D eigenvalue weighted by Gasteiger charge is 2.27. The standard InChI is InChI=1S/C17H32N4/c1-5-10-21-16(18-13-20-21)11-14-8-6-7-9-15(14)12-19-17(2,3)4/h13-15,19H,5-12H2,1-4H3. The molecule has 21 heavy (non-hydrogen) atoms. The second-order valence-corrected chi connectivity index (χ2v) is 7.54. The van der Waals surface area contributed by atoms with Gasteiger partial charge in [0.2, 0.25) is 0 Å². The summed E-state index contributed by atoms with van der Waals surface area (Å²) in [5, 5.41) is 8.07. The summed E-state index contributed by atoms with van der Waals surface area (Å²) in [6, 6.07) is 0. The quantitative estimate of drug-likeness (QED) is 0.873. The highest BCUT2D eigenvalue weighted by molar-refractivity contribution is 4.91. The van der Waals surface area contributed by atoms with Crippen LogP contribution in [0.25, 0.3) is 0 Å². The molecule has 1 fully saturated rings. The van der Waals surface area contributed by atoms with Crippen LogP contribution < -0.4 is 5.32 Å². The van der Waals surface area contributed by atoms with E-state index in [4.69, 9.17) is 0 Å². The lowest BCUT2D eigenvalue weighted by atomic mass is 9.77. The lowest BCUT2D eigenvalue weighted by Crippen LogP contribution is -2.42. The van der Waals surface area contributed by atoms with Crippen molar-refractivity contribution < 1.29 is 0 Å². The summed E-state index contributed by atoms with van der Waals surface area (Å²) < 4.78 is 2.10. The van der Waals surface area contributed by atoms with Gasteiger partial charge in [-0.3, -0.25) is 4.68 Å². The van der Waals surface area contributed by atoms with Gasteiger partial charge in [0.25, 0.3) is 0 Å². The summed E-state index contributed by atoms with van der Waals surface area (Å²) >= 11 is 0. The molecule has 0 radical (unpaired) electrons. The Morgan fingerprint density at radius 1 is 1.24 bits per heavy atom. The van der Waals surface area contributed by atoms with Crippen molar-refractivity contribution in [2.45, 2.75) is 78.3 Å². The summed E-state index contributed by atoms with van der Waals surface area (Å²) in [6.45, 7) is 11.1. The fourth-order valence-electron chi connectivity index (χ4n) is 3.34. The number of hydrogen-bond acceptors (Lipinski definition) is 3. The van der Waals surface area contributed by atoms with Crippen LogP contribution in [0.5, 0.6) is 0 Å². The molecule has 1 aromatic rings. The molecule has 1 N–H and O–H groups in total. The van der Waals surface area contributed by atoms with E-state index in [1.165, 1.54) is 31.5 Å². The van der Waals surface area contributed by atoms with Gasteiger partial charge in [0.05, 0.1) is 0 Å². The average molecular weight is 292 g/mol. The fraction of sp³-hybridized carbons (Fsp3) is 0.882. The molecule has 4 nitrogen and oxygen atoms in total. The summed E-state index contributed by atoms with van der Waals surface area (Å²) in [5.74, 6) is 2.72. The third-order valence-corrected chi connectivity index (χ3v) is 4.54. The van der Waals surface area contributed by atoms with E-state index in [0.717, 1.165) is 37.8 Å². The van der Waals surface area contributed by atoms with E-state index in [9.17, 15) is 0 Å². The first-order valence-electron chi connectivity index (χ1n) is 8.61. The first-order chi connectivity index (χ1) is 9.99. The molecule has 0 bridgehead atoms. The number of aromatic nitrogens is 3. The first-order valence-corrected chi connectivity index (χ1v) is 8.61. The van der Waals surface area contributed by atoms with E-state index in [-0.39, 0.29) is 5.54 Å². The van der Waals surface area contributed by atoms with Gasteiger partial charge in [0.1, 0.15) is 12.2 Å². The van der Waals surface area contributed by atoms with Crippen molar-refractivity contribution in [2.24, 2.45) is 11.8 Å². The minimum absolute atomic E-state index is 0.213. The zero-order chi connectivity index (χ0) is 15.3. The topological polar surface area (TPSA) is 42.7 Å². The van der Waals surface area contributed by atoms with Crippen LogP contribution in [0.2, 0.25) is 0 Å². The maximum atomic E-state index is 4.50. The molecule has 1 saturated carbocycles. The summed E-state index contributed by atoms with van der Waals surface area (Å²) in [4.78, 5) is 4.50. The zero-order valence-electron chi connectivity index (χ0n) is 14.2. The average Bonchev–Trinajstić information content (AvgIpc) is 2.85. The summed E-state index contributed by atoms with van der Waals surface area (Å²) in [5.41, 5.74) is 0.213. The van der Waals surface area contributed by atoms with E-state index in [1.54, 1.807) is 6.33 Å². The third-order valence-electron chi connectivity index (χ3n) is 4.54. The second kappa shape index (κ2) is 7.39. The van der Waals surface area contributed by atoms with Crippen LogP contribution in [0.4, 0.5) is 0 Å². The van der Waals surface area contributed by atoms with Gasteiger partial charge in [-0.15, -0.1) is 0 Å². The predicted molar refractivity (Wildman–Crippen MR) is 87.2 cm³/mol. The van der Waals surface area contributed by atoms with Crippen molar-refractivity contribution in [3.63, 3.8) is 0 Å². The summed E-state index contributed by atoms with van der Waals surface area (Å²) in [6.07, 6.45) is 9.39. The minimum atomic E-state index is 0.213. The van der Waals surface area contributed by atoms with Crippen LogP contribution in [-0.2, 0) is 13.0 Å². The van der Waals surface area contributed by atoms with Crippen LogP contribution >= 0.6 is 0 Å². The van der Waals surface area contributed by atoms with Crippen LogP contribution in [-0.4, -0.2) is 26.8 Å². The van der Waals surface area contributed by atoms with E-state index in [2.05, 4.69) is 47.8 Å². The van der Waals surface area contributed by atoms with Crippen molar-refractivity contribution in [1.82, 2.24) is 20.1 Å². The minimum Gasteiger partial charge on any atom is -0.312 e. The van der Waals surface area contributed by atoms with Crippen LogP contribution in [0.15, 0.2) is 6.33 Å². The number of aryl methyl sites for hydroxylation is 1.